The first-order valence-corrected chi connectivity index (χ1v) is 12.8. The molecule has 2 aromatic carbocycles. The molecule has 1 amide bonds. The quantitative estimate of drug-likeness (QED) is 0.609. The van der Waals surface area contributed by atoms with E-state index in [2.05, 4.69) is 15.8 Å². The van der Waals surface area contributed by atoms with Gasteiger partial charge in [0, 0.05) is 13.1 Å². The second kappa shape index (κ2) is 8.68. The molecule has 1 unspecified atom stereocenters. The number of benzene rings is 2. The Morgan fingerprint density at radius 3 is 2.68 bits per heavy atom. The molecule has 0 spiro atoms. The van der Waals surface area contributed by atoms with E-state index in [1.54, 1.807) is 23.1 Å². The number of carbonyl (C=O) groups is 1. The highest BCUT2D eigenvalue weighted by atomic mass is 32.2. The third kappa shape index (κ3) is 4.81. The summed E-state index contributed by atoms with van der Waals surface area (Å²) in [6, 6.07) is 12.2. The molecule has 1 atom stereocenters. The van der Waals surface area contributed by atoms with Gasteiger partial charge in [-0.05, 0) is 55.0 Å². The lowest BCUT2D eigenvalue weighted by Gasteiger charge is -2.32. The number of fused-ring (bicyclic) bond motifs is 2. The Hall–Kier alpha value is -2.29. The van der Waals surface area contributed by atoms with Gasteiger partial charge >= 0.3 is 0 Å². The molecule has 0 aliphatic carbocycles. The van der Waals surface area contributed by atoms with Crippen LogP contribution >= 0.6 is 11.3 Å². The van der Waals surface area contributed by atoms with Crippen LogP contribution in [0.1, 0.15) is 36.4 Å². The van der Waals surface area contributed by atoms with Gasteiger partial charge in [-0.25, -0.2) is 13.4 Å². The minimum absolute atomic E-state index is 0.161. The van der Waals surface area contributed by atoms with Crippen molar-refractivity contribution in [3.8, 4) is 0 Å². The number of sulfonamides is 1. The van der Waals surface area contributed by atoms with E-state index >= 15 is 0 Å². The molecule has 4 rings (SSSR count). The van der Waals surface area contributed by atoms with E-state index in [1.165, 1.54) is 16.9 Å². The average Bonchev–Trinajstić information content (AvgIpc) is 3.11. The minimum Gasteiger partial charge on any atom is -0.337 e. The van der Waals surface area contributed by atoms with Crippen LogP contribution in [0, 0.1) is 12.8 Å². The van der Waals surface area contributed by atoms with Gasteiger partial charge in [-0.2, -0.15) is 4.72 Å². The van der Waals surface area contributed by atoms with Crippen LogP contribution in [-0.4, -0.2) is 36.8 Å². The van der Waals surface area contributed by atoms with E-state index in [-0.39, 0.29) is 16.7 Å². The summed E-state index contributed by atoms with van der Waals surface area (Å²) in [6.45, 7) is 6.99. The molecule has 0 saturated heterocycles. The van der Waals surface area contributed by atoms with Gasteiger partial charge in [-0.1, -0.05) is 38.1 Å². The van der Waals surface area contributed by atoms with Gasteiger partial charge in [0.15, 0.2) is 0 Å². The summed E-state index contributed by atoms with van der Waals surface area (Å²) in [6.07, 6.45) is 1.22. The van der Waals surface area contributed by atoms with Crippen LogP contribution in [0.2, 0.25) is 0 Å². The maximum atomic E-state index is 13.4. The van der Waals surface area contributed by atoms with Gasteiger partial charge in [-0.15, -0.1) is 11.3 Å². The first kappa shape index (κ1) is 21.9. The van der Waals surface area contributed by atoms with Crippen molar-refractivity contribution >= 4 is 37.5 Å². The third-order valence-electron chi connectivity index (χ3n) is 5.52. The molecule has 6 nitrogen and oxygen atoms in total. The van der Waals surface area contributed by atoms with Crippen molar-refractivity contribution in [3.63, 3.8) is 0 Å². The number of nitrogens with one attached hydrogen (secondary N) is 1. The number of thiazole rings is 1. The lowest BCUT2D eigenvalue weighted by Crippen LogP contribution is -2.50. The van der Waals surface area contributed by atoms with Crippen molar-refractivity contribution in [1.29, 1.82) is 0 Å². The summed E-state index contributed by atoms with van der Waals surface area (Å²) < 4.78 is 29.8. The Morgan fingerprint density at radius 1 is 1.19 bits per heavy atom. The van der Waals surface area contributed by atoms with Gasteiger partial charge in [0.1, 0.15) is 6.04 Å². The largest absolute Gasteiger partial charge is 0.337 e. The van der Waals surface area contributed by atoms with Crippen molar-refractivity contribution in [3.05, 3.63) is 58.6 Å². The van der Waals surface area contributed by atoms with Gasteiger partial charge in [0.05, 0.1) is 20.1 Å². The van der Waals surface area contributed by atoms with Crippen LogP contribution in [0.5, 0.6) is 0 Å². The minimum atomic E-state index is -3.85. The second-order valence-corrected chi connectivity index (χ2v) is 11.4. The molecule has 1 aromatic heterocycles. The predicted octanol–water partition coefficient (Wildman–Crippen LogP) is 3.88. The SMILES string of the molecule is Cc1nc2ccc(S(=O)(=O)NC(CC(C)C)C(=O)N3CCc4ccccc4C3)cc2s1. The molecule has 0 radical (unpaired) electrons. The summed E-state index contributed by atoms with van der Waals surface area (Å²) in [5.41, 5.74) is 3.16. The fraction of sp³-hybridized carbons (Fsp3) is 0.391. The van der Waals surface area contributed by atoms with Crippen molar-refractivity contribution in [2.45, 2.75) is 51.1 Å². The summed E-state index contributed by atoms with van der Waals surface area (Å²) in [4.78, 5) is 19.7. The molecule has 0 saturated carbocycles. The number of aryl methyl sites for hydroxylation is 1. The summed E-state index contributed by atoms with van der Waals surface area (Å²) in [5, 5.41) is 0.885. The first-order chi connectivity index (χ1) is 14.7. The molecule has 1 N–H and O–H groups in total. The molecule has 164 valence electrons. The molecule has 1 aliphatic heterocycles. The normalized spacial score (nSPS) is 15.3. The smallest absolute Gasteiger partial charge is 0.241 e. The number of hydrogen-bond acceptors (Lipinski definition) is 5. The molecule has 3 aromatic rings. The maximum Gasteiger partial charge on any atom is 0.241 e. The zero-order valence-electron chi connectivity index (χ0n) is 18.0. The fourth-order valence-corrected chi connectivity index (χ4v) is 6.19. The average molecular weight is 458 g/mol. The zero-order valence-corrected chi connectivity index (χ0v) is 19.6. The van der Waals surface area contributed by atoms with E-state index in [0.717, 1.165) is 27.2 Å². The Bertz CT molecular complexity index is 1220. The van der Waals surface area contributed by atoms with Gasteiger partial charge in [0.25, 0.3) is 0 Å². The van der Waals surface area contributed by atoms with Gasteiger partial charge in [0.2, 0.25) is 15.9 Å². The highest BCUT2D eigenvalue weighted by Crippen LogP contribution is 2.25. The molecule has 1 aliphatic rings. The van der Waals surface area contributed by atoms with E-state index < -0.39 is 16.1 Å². The van der Waals surface area contributed by atoms with E-state index in [9.17, 15) is 13.2 Å². The number of rotatable bonds is 6. The molecule has 0 fully saturated rings. The predicted molar refractivity (Wildman–Crippen MR) is 123 cm³/mol. The second-order valence-electron chi connectivity index (χ2n) is 8.44. The molecular formula is C23H27N3O3S2. The van der Waals surface area contributed by atoms with E-state index in [0.29, 0.717) is 19.5 Å². The molecule has 8 heteroatoms. The molecular weight excluding hydrogens is 430 g/mol. The lowest BCUT2D eigenvalue weighted by atomic mass is 9.98. The number of aromatic nitrogens is 1. The number of hydrogen-bond donors (Lipinski definition) is 1. The Kier molecular flexibility index (Phi) is 6.14. The van der Waals surface area contributed by atoms with Crippen LogP contribution in [0.15, 0.2) is 47.4 Å². The highest BCUT2D eigenvalue weighted by Gasteiger charge is 2.31. The van der Waals surface area contributed by atoms with Crippen molar-refractivity contribution in [1.82, 2.24) is 14.6 Å². The van der Waals surface area contributed by atoms with Crippen LogP contribution < -0.4 is 4.72 Å². The van der Waals surface area contributed by atoms with Crippen LogP contribution in [0.25, 0.3) is 10.2 Å². The Morgan fingerprint density at radius 2 is 1.94 bits per heavy atom. The molecule has 31 heavy (non-hydrogen) atoms. The van der Waals surface area contributed by atoms with Crippen LogP contribution in [0.4, 0.5) is 0 Å². The Balaban J connectivity index is 1.57. The summed E-state index contributed by atoms with van der Waals surface area (Å²) >= 11 is 1.46. The zero-order chi connectivity index (χ0) is 22.2. The standard InChI is InChI=1S/C23H27N3O3S2/c1-15(2)12-21(23(27)26-11-10-17-6-4-5-7-18(17)14-26)25-31(28,29)19-8-9-20-22(13-19)30-16(3)24-20/h4-9,13,15,21,25H,10-12,14H2,1-3H3. The number of amides is 1. The first-order valence-electron chi connectivity index (χ1n) is 10.5. The summed E-state index contributed by atoms with van der Waals surface area (Å²) in [7, 11) is -3.85. The van der Waals surface area contributed by atoms with Gasteiger partial charge in [-0.3, -0.25) is 4.79 Å². The third-order valence-corrected chi connectivity index (χ3v) is 7.93. The number of nitrogens with zero attached hydrogens (tertiary/aromatic N) is 2. The summed E-state index contributed by atoms with van der Waals surface area (Å²) in [5.74, 6) is 0.00171. The van der Waals surface area contributed by atoms with Crippen molar-refractivity contribution in [2.75, 3.05) is 6.54 Å². The fourth-order valence-electron chi connectivity index (χ4n) is 4.02. The lowest BCUT2D eigenvalue weighted by molar-refractivity contribution is -0.134. The molecule has 2 heterocycles. The monoisotopic (exact) mass is 457 g/mol. The molecule has 0 bridgehead atoms. The van der Waals surface area contributed by atoms with Crippen molar-refractivity contribution in [2.24, 2.45) is 5.92 Å². The van der Waals surface area contributed by atoms with E-state index in [1.807, 2.05) is 39.0 Å². The highest BCUT2D eigenvalue weighted by molar-refractivity contribution is 7.89. The maximum absolute atomic E-state index is 13.4. The Labute approximate surface area is 187 Å². The topological polar surface area (TPSA) is 79.4 Å². The van der Waals surface area contributed by atoms with E-state index in [4.69, 9.17) is 0 Å². The number of carbonyl (C=O) groups excluding carboxylic acids is 1. The van der Waals surface area contributed by atoms with Crippen LogP contribution in [-0.2, 0) is 27.8 Å². The van der Waals surface area contributed by atoms with Crippen molar-refractivity contribution < 1.29 is 13.2 Å². The van der Waals surface area contributed by atoms with Crippen LogP contribution in [0.3, 0.4) is 0 Å². The van der Waals surface area contributed by atoms with Gasteiger partial charge < -0.3 is 4.90 Å².